The van der Waals surface area contributed by atoms with Crippen LogP contribution in [-0.2, 0) is 9.59 Å². The van der Waals surface area contributed by atoms with Crippen LogP contribution in [0.5, 0.6) is 0 Å². The SMILES string of the molecule is Nc1ccc(C(=O)N(CCN2CCC(C(=O)c3ccccc3)CC2)c2cccnc2)cc1.O=C(O)/C=C\C(=O)O. The zero-order valence-corrected chi connectivity index (χ0v) is 21.9. The number of hydrogen-bond acceptors (Lipinski definition) is 7. The monoisotopic (exact) mass is 544 g/mol. The van der Waals surface area contributed by atoms with E-state index in [2.05, 4.69) is 9.88 Å². The summed E-state index contributed by atoms with van der Waals surface area (Å²) in [5.74, 6) is -2.29. The van der Waals surface area contributed by atoms with Gasteiger partial charge in [-0.05, 0) is 62.3 Å². The summed E-state index contributed by atoms with van der Waals surface area (Å²) in [6.45, 7) is 2.98. The lowest BCUT2D eigenvalue weighted by Gasteiger charge is -2.33. The Morgan fingerprint density at radius 1 is 0.875 bits per heavy atom. The Balaban J connectivity index is 0.000000482. The molecule has 1 saturated heterocycles. The Labute approximate surface area is 232 Å². The molecule has 4 rings (SSSR count). The maximum atomic E-state index is 13.2. The average Bonchev–Trinajstić information content (AvgIpc) is 2.98. The first kappa shape index (κ1) is 29.7. The van der Waals surface area contributed by atoms with E-state index in [1.54, 1.807) is 41.6 Å². The number of amides is 1. The smallest absolute Gasteiger partial charge is 0.328 e. The Morgan fingerprint density at radius 3 is 2.05 bits per heavy atom. The van der Waals surface area contributed by atoms with E-state index in [1.807, 2.05) is 42.5 Å². The number of hydrogen-bond donors (Lipinski definition) is 3. The normalized spacial score (nSPS) is 13.7. The van der Waals surface area contributed by atoms with Crippen LogP contribution >= 0.6 is 0 Å². The molecule has 1 aromatic heterocycles. The average molecular weight is 545 g/mol. The summed E-state index contributed by atoms with van der Waals surface area (Å²) < 4.78 is 0. The summed E-state index contributed by atoms with van der Waals surface area (Å²) >= 11 is 0. The number of rotatable bonds is 9. The highest BCUT2D eigenvalue weighted by molar-refractivity contribution is 6.06. The third-order valence-corrected chi connectivity index (χ3v) is 6.39. The molecule has 3 aromatic rings. The van der Waals surface area contributed by atoms with Crippen molar-refractivity contribution in [2.45, 2.75) is 12.8 Å². The van der Waals surface area contributed by atoms with Crippen molar-refractivity contribution in [3.63, 3.8) is 0 Å². The Morgan fingerprint density at radius 2 is 1.50 bits per heavy atom. The fourth-order valence-electron chi connectivity index (χ4n) is 4.28. The molecule has 10 nitrogen and oxygen atoms in total. The van der Waals surface area contributed by atoms with Gasteiger partial charge in [0, 0.05) is 54.2 Å². The van der Waals surface area contributed by atoms with Crippen molar-refractivity contribution >= 4 is 35.0 Å². The first-order chi connectivity index (χ1) is 19.2. The summed E-state index contributed by atoms with van der Waals surface area (Å²) in [7, 11) is 0. The first-order valence-electron chi connectivity index (χ1n) is 12.8. The maximum absolute atomic E-state index is 13.2. The molecule has 40 heavy (non-hydrogen) atoms. The molecule has 2 aromatic carbocycles. The molecule has 1 fully saturated rings. The van der Waals surface area contributed by atoms with Gasteiger partial charge >= 0.3 is 11.9 Å². The van der Waals surface area contributed by atoms with Crippen molar-refractivity contribution in [2.24, 2.45) is 5.92 Å². The Hall–Kier alpha value is -4.83. The number of carboxylic acid groups (broad SMARTS) is 2. The number of benzene rings is 2. The van der Waals surface area contributed by atoms with Gasteiger partial charge in [-0.3, -0.25) is 14.6 Å². The van der Waals surface area contributed by atoms with Crippen molar-refractivity contribution in [3.05, 3.63) is 102 Å². The Kier molecular flexibility index (Phi) is 11.1. The molecule has 1 aliphatic heterocycles. The minimum Gasteiger partial charge on any atom is -0.478 e. The molecule has 0 unspecified atom stereocenters. The predicted molar refractivity (Wildman–Crippen MR) is 151 cm³/mol. The predicted octanol–water partition coefficient (Wildman–Crippen LogP) is 3.62. The number of ketones is 1. The molecule has 0 atom stereocenters. The Bertz CT molecular complexity index is 1290. The molecule has 2 heterocycles. The third-order valence-electron chi connectivity index (χ3n) is 6.39. The number of carbonyl (C=O) groups is 4. The van der Waals surface area contributed by atoms with E-state index in [1.165, 1.54) is 0 Å². The molecule has 0 bridgehead atoms. The third kappa shape index (κ3) is 9.17. The van der Waals surface area contributed by atoms with Crippen molar-refractivity contribution in [2.75, 3.05) is 36.8 Å². The number of anilines is 2. The van der Waals surface area contributed by atoms with E-state index in [9.17, 15) is 19.2 Å². The number of carbonyl (C=O) groups excluding carboxylic acids is 2. The summed E-state index contributed by atoms with van der Waals surface area (Å²) in [6, 6.07) is 20.2. The summed E-state index contributed by atoms with van der Waals surface area (Å²) in [6.07, 6.45) is 6.20. The zero-order valence-electron chi connectivity index (χ0n) is 21.9. The van der Waals surface area contributed by atoms with Crippen LogP contribution in [0.15, 0.2) is 91.3 Å². The second-order valence-corrected chi connectivity index (χ2v) is 9.15. The van der Waals surface area contributed by atoms with Crippen LogP contribution < -0.4 is 10.6 Å². The van der Waals surface area contributed by atoms with Crippen molar-refractivity contribution in [1.29, 1.82) is 0 Å². The van der Waals surface area contributed by atoms with Gasteiger partial charge in [0.25, 0.3) is 5.91 Å². The molecule has 0 aliphatic carbocycles. The van der Waals surface area contributed by atoms with Crippen LogP contribution in [0.2, 0.25) is 0 Å². The quantitative estimate of drug-likeness (QED) is 0.208. The standard InChI is InChI=1S/C26H28N4O2.C4H4O4/c27-23-10-8-22(9-11-23)26(32)30(24-7-4-14-28-19-24)18-17-29-15-12-21(13-16-29)25(31)20-5-2-1-3-6-20;5-3(6)1-2-4(7)8/h1-11,14,19,21H,12-13,15-18,27H2;1-2H,(H,5,6)(H,7,8)/b;2-1-. The van der Waals surface area contributed by atoms with Crippen LogP contribution in [-0.4, -0.2) is 69.9 Å². The highest BCUT2D eigenvalue weighted by Crippen LogP contribution is 2.23. The highest BCUT2D eigenvalue weighted by Gasteiger charge is 2.26. The zero-order chi connectivity index (χ0) is 28.9. The van der Waals surface area contributed by atoms with Crippen molar-refractivity contribution in [1.82, 2.24) is 9.88 Å². The lowest BCUT2D eigenvalue weighted by atomic mass is 9.89. The number of carboxylic acids is 2. The van der Waals surface area contributed by atoms with E-state index in [4.69, 9.17) is 15.9 Å². The van der Waals surface area contributed by atoms with Gasteiger partial charge in [-0.15, -0.1) is 0 Å². The summed E-state index contributed by atoms with van der Waals surface area (Å²) in [4.78, 5) is 53.3. The summed E-state index contributed by atoms with van der Waals surface area (Å²) in [5.41, 5.74) is 8.56. The van der Waals surface area contributed by atoms with E-state index < -0.39 is 11.9 Å². The van der Waals surface area contributed by atoms with Gasteiger partial charge in [-0.25, -0.2) is 9.59 Å². The molecule has 0 saturated carbocycles. The first-order valence-corrected chi connectivity index (χ1v) is 12.8. The molecular weight excluding hydrogens is 512 g/mol. The number of nitrogens with two attached hydrogens (primary N) is 1. The van der Waals surface area contributed by atoms with E-state index in [-0.39, 0.29) is 17.6 Å². The molecule has 10 heteroatoms. The largest absolute Gasteiger partial charge is 0.478 e. The number of aromatic nitrogens is 1. The van der Waals surface area contributed by atoms with E-state index >= 15 is 0 Å². The summed E-state index contributed by atoms with van der Waals surface area (Å²) in [5, 5.41) is 15.6. The fourth-order valence-corrected chi connectivity index (χ4v) is 4.28. The lowest BCUT2D eigenvalue weighted by molar-refractivity contribution is -0.134. The van der Waals surface area contributed by atoms with Gasteiger partial charge in [0.05, 0.1) is 11.9 Å². The van der Waals surface area contributed by atoms with Crippen LogP contribution in [0, 0.1) is 5.92 Å². The lowest BCUT2D eigenvalue weighted by Crippen LogP contribution is -2.43. The topological polar surface area (TPSA) is 154 Å². The number of nitrogens with zero attached hydrogens (tertiary/aromatic N) is 3. The van der Waals surface area contributed by atoms with Gasteiger partial charge in [0.2, 0.25) is 0 Å². The number of piperidine rings is 1. The highest BCUT2D eigenvalue weighted by atomic mass is 16.4. The van der Waals surface area contributed by atoms with Gasteiger partial charge < -0.3 is 25.7 Å². The minimum absolute atomic E-state index is 0.0690. The fraction of sp³-hybridized carbons (Fsp3) is 0.233. The number of nitrogen functional groups attached to an aromatic ring is 1. The van der Waals surface area contributed by atoms with Gasteiger partial charge in [-0.1, -0.05) is 30.3 Å². The van der Waals surface area contributed by atoms with Crippen molar-refractivity contribution < 1.29 is 29.4 Å². The number of likely N-dealkylation sites (tertiary alicyclic amines) is 1. The molecule has 0 radical (unpaired) electrons. The number of Topliss-reactive ketones (excluding diaryl/α,β-unsaturated/α-hetero) is 1. The van der Waals surface area contributed by atoms with E-state index in [0.717, 1.165) is 43.7 Å². The van der Waals surface area contributed by atoms with Gasteiger partial charge in [-0.2, -0.15) is 0 Å². The molecule has 0 spiro atoms. The van der Waals surface area contributed by atoms with Crippen LogP contribution in [0.1, 0.15) is 33.6 Å². The number of pyridine rings is 1. The molecule has 208 valence electrons. The second kappa shape index (κ2) is 14.9. The number of aliphatic carboxylic acids is 2. The molecule has 1 amide bonds. The van der Waals surface area contributed by atoms with Crippen LogP contribution in [0.3, 0.4) is 0 Å². The molecular formula is C30H32N4O6. The molecule has 1 aliphatic rings. The van der Waals surface area contributed by atoms with Gasteiger partial charge in [0.15, 0.2) is 5.78 Å². The molecule has 4 N–H and O–H groups in total. The van der Waals surface area contributed by atoms with Crippen LogP contribution in [0.25, 0.3) is 0 Å². The second-order valence-electron chi connectivity index (χ2n) is 9.15. The minimum atomic E-state index is -1.26. The van der Waals surface area contributed by atoms with Gasteiger partial charge in [0.1, 0.15) is 0 Å². The van der Waals surface area contributed by atoms with Crippen molar-refractivity contribution in [3.8, 4) is 0 Å². The van der Waals surface area contributed by atoms with E-state index in [0.29, 0.717) is 29.9 Å². The maximum Gasteiger partial charge on any atom is 0.328 e. The van der Waals surface area contributed by atoms with Crippen LogP contribution in [0.4, 0.5) is 11.4 Å².